The molecule has 0 unspecified atom stereocenters. The zero-order valence-electron chi connectivity index (χ0n) is 11.8. The van der Waals surface area contributed by atoms with E-state index in [0.29, 0.717) is 17.9 Å². The number of hydrogen-bond donors (Lipinski definition) is 2. The molecule has 0 atom stereocenters. The van der Waals surface area contributed by atoms with Crippen LogP contribution in [0, 0.1) is 0 Å². The van der Waals surface area contributed by atoms with Crippen molar-refractivity contribution in [3.05, 3.63) is 29.8 Å². The summed E-state index contributed by atoms with van der Waals surface area (Å²) in [6.45, 7) is 4.21. The number of rotatable bonds is 7. The van der Waals surface area contributed by atoms with Crippen molar-refractivity contribution in [2.45, 2.75) is 18.6 Å². The Bertz CT molecular complexity index is 488. The molecule has 20 heavy (non-hydrogen) atoms. The van der Waals surface area contributed by atoms with Gasteiger partial charge >= 0.3 is 5.97 Å². The average Bonchev–Trinajstić information content (AvgIpc) is 2.43. The monoisotopic (exact) mass is 297 g/mol. The number of nitrogens with one attached hydrogen (secondary N) is 1. The van der Waals surface area contributed by atoms with Gasteiger partial charge in [0.25, 0.3) is 5.91 Å². The van der Waals surface area contributed by atoms with E-state index in [1.807, 2.05) is 20.1 Å². The van der Waals surface area contributed by atoms with E-state index < -0.39 is 12.6 Å². The van der Waals surface area contributed by atoms with Gasteiger partial charge in [-0.1, -0.05) is 6.07 Å². The normalized spacial score (nSPS) is 10.9. The number of aliphatic carboxylic acids is 1. The fraction of sp³-hybridized carbons (Fsp3) is 0.429. The van der Waals surface area contributed by atoms with Gasteiger partial charge in [0.1, 0.15) is 5.75 Å². The number of hydrogen-bond acceptors (Lipinski definition) is 4. The summed E-state index contributed by atoms with van der Waals surface area (Å²) in [7, 11) is 0. The number of thioether (sulfide) groups is 1. The molecule has 0 saturated heterocycles. The highest BCUT2D eigenvalue weighted by Gasteiger charge is 2.17. The largest absolute Gasteiger partial charge is 0.482 e. The first-order valence-corrected chi connectivity index (χ1v) is 7.34. The van der Waals surface area contributed by atoms with E-state index in [4.69, 9.17) is 9.84 Å². The Hall–Kier alpha value is -1.69. The molecule has 0 radical (unpaired) electrons. The lowest BCUT2D eigenvalue weighted by Crippen LogP contribution is -2.36. The molecule has 0 saturated carbocycles. The van der Waals surface area contributed by atoms with Crippen LogP contribution in [0.1, 0.15) is 24.2 Å². The lowest BCUT2D eigenvalue weighted by Gasteiger charge is -2.22. The summed E-state index contributed by atoms with van der Waals surface area (Å²) in [4.78, 5) is 22.4. The minimum absolute atomic E-state index is 0.0346. The van der Waals surface area contributed by atoms with E-state index >= 15 is 0 Å². The van der Waals surface area contributed by atoms with Gasteiger partial charge in [0.15, 0.2) is 6.61 Å². The Kier molecular flexibility index (Phi) is 5.88. The van der Waals surface area contributed by atoms with Crippen molar-refractivity contribution in [1.82, 2.24) is 5.32 Å². The molecule has 1 aromatic rings. The van der Waals surface area contributed by atoms with Gasteiger partial charge in [0, 0.05) is 16.9 Å². The SMILES string of the molecule is CSC(C)(C)CNC(=O)c1cccc(OCC(=O)O)c1. The molecule has 0 fully saturated rings. The molecule has 0 aromatic heterocycles. The molecule has 0 spiro atoms. The van der Waals surface area contributed by atoms with Gasteiger partial charge < -0.3 is 15.2 Å². The molecule has 0 aliphatic rings. The van der Waals surface area contributed by atoms with Crippen molar-refractivity contribution in [3.8, 4) is 5.75 Å². The Labute approximate surface area is 122 Å². The highest BCUT2D eigenvalue weighted by molar-refractivity contribution is 7.99. The zero-order valence-corrected chi connectivity index (χ0v) is 12.6. The summed E-state index contributed by atoms with van der Waals surface area (Å²) in [5, 5.41) is 11.4. The molecule has 1 rings (SSSR count). The van der Waals surface area contributed by atoms with Crippen LogP contribution in [0.2, 0.25) is 0 Å². The first kappa shape index (κ1) is 16.4. The summed E-state index contributed by atoms with van der Waals surface area (Å²) in [6, 6.07) is 6.47. The third-order valence-corrected chi connectivity index (χ3v) is 3.94. The Balaban J connectivity index is 2.64. The van der Waals surface area contributed by atoms with Gasteiger partial charge in [-0.2, -0.15) is 11.8 Å². The van der Waals surface area contributed by atoms with Crippen molar-refractivity contribution < 1.29 is 19.4 Å². The number of benzene rings is 1. The van der Waals surface area contributed by atoms with Crippen LogP contribution in [0.25, 0.3) is 0 Å². The lowest BCUT2D eigenvalue weighted by atomic mass is 10.1. The topological polar surface area (TPSA) is 75.6 Å². The van der Waals surface area contributed by atoms with Gasteiger partial charge in [-0.15, -0.1) is 0 Å². The number of carbonyl (C=O) groups excluding carboxylic acids is 1. The predicted molar refractivity (Wildman–Crippen MR) is 79.5 cm³/mol. The average molecular weight is 297 g/mol. The maximum atomic E-state index is 12.0. The van der Waals surface area contributed by atoms with Crippen LogP contribution >= 0.6 is 11.8 Å². The highest BCUT2D eigenvalue weighted by Crippen LogP contribution is 2.20. The fourth-order valence-electron chi connectivity index (χ4n) is 1.34. The predicted octanol–water partition coefficient (Wildman–Crippen LogP) is 2.02. The van der Waals surface area contributed by atoms with Crippen LogP contribution in [0.3, 0.4) is 0 Å². The Morgan fingerprint density at radius 1 is 1.40 bits per heavy atom. The van der Waals surface area contributed by atoms with Crippen LogP contribution in [0.5, 0.6) is 5.75 Å². The molecule has 0 bridgehead atoms. The lowest BCUT2D eigenvalue weighted by molar-refractivity contribution is -0.139. The second kappa shape index (κ2) is 7.19. The minimum Gasteiger partial charge on any atom is -0.482 e. The second-order valence-corrected chi connectivity index (χ2v) is 6.37. The summed E-state index contributed by atoms with van der Waals surface area (Å²) in [6.07, 6.45) is 1.99. The third-order valence-electron chi connectivity index (χ3n) is 2.69. The number of ether oxygens (including phenoxy) is 1. The number of carboxylic acids is 1. The first-order chi connectivity index (χ1) is 9.34. The second-order valence-electron chi connectivity index (χ2n) is 4.86. The van der Waals surface area contributed by atoms with Gasteiger partial charge in [-0.05, 0) is 38.3 Å². The summed E-state index contributed by atoms with van der Waals surface area (Å²) < 4.78 is 5.01. The van der Waals surface area contributed by atoms with Crippen LogP contribution in [0.4, 0.5) is 0 Å². The first-order valence-electron chi connectivity index (χ1n) is 6.12. The van der Waals surface area contributed by atoms with Crippen molar-refractivity contribution in [2.75, 3.05) is 19.4 Å². The molecule has 6 heteroatoms. The van der Waals surface area contributed by atoms with Gasteiger partial charge in [-0.3, -0.25) is 4.79 Å². The van der Waals surface area contributed by atoms with Crippen LogP contribution in [-0.4, -0.2) is 41.1 Å². The highest BCUT2D eigenvalue weighted by atomic mass is 32.2. The zero-order chi connectivity index (χ0) is 15.2. The maximum absolute atomic E-state index is 12.0. The number of carboxylic acid groups (broad SMARTS) is 1. The van der Waals surface area contributed by atoms with E-state index in [2.05, 4.69) is 5.32 Å². The maximum Gasteiger partial charge on any atom is 0.341 e. The summed E-state index contributed by atoms with van der Waals surface area (Å²) in [5.74, 6) is -0.890. The van der Waals surface area contributed by atoms with Crippen LogP contribution in [-0.2, 0) is 4.79 Å². The van der Waals surface area contributed by atoms with Gasteiger partial charge in [-0.25, -0.2) is 4.79 Å². The molecular formula is C14H19NO4S. The van der Waals surface area contributed by atoms with E-state index in [9.17, 15) is 9.59 Å². The van der Waals surface area contributed by atoms with Crippen molar-refractivity contribution in [1.29, 1.82) is 0 Å². The van der Waals surface area contributed by atoms with E-state index in [-0.39, 0.29) is 10.7 Å². The van der Waals surface area contributed by atoms with Crippen molar-refractivity contribution in [3.63, 3.8) is 0 Å². The quantitative estimate of drug-likeness (QED) is 0.805. The molecule has 1 amide bonds. The van der Waals surface area contributed by atoms with E-state index in [0.717, 1.165) is 0 Å². The molecule has 0 heterocycles. The van der Waals surface area contributed by atoms with Gasteiger partial charge in [0.05, 0.1) is 0 Å². The van der Waals surface area contributed by atoms with Gasteiger partial charge in [0.2, 0.25) is 0 Å². The summed E-state index contributed by atoms with van der Waals surface area (Å²) in [5.41, 5.74) is 0.449. The van der Waals surface area contributed by atoms with E-state index in [1.165, 1.54) is 6.07 Å². The van der Waals surface area contributed by atoms with Crippen molar-refractivity contribution >= 4 is 23.6 Å². The summed E-state index contributed by atoms with van der Waals surface area (Å²) >= 11 is 1.67. The Morgan fingerprint density at radius 3 is 2.70 bits per heavy atom. The molecule has 1 aromatic carbocycles. The molecule has 0 aliphatic carbocycles. The molecular weight excluding hydrogens is 278 g/mol. The van der Waals surface area contributed by atoms with Crippen LogP contribution < -0.4 is 10.1 Å². The number of carbonyl (C=O) groups is 2. The van der Waals surface area contributed by atoms with Crippen LogP contribution in [0.15, 0.2) is 24.3 Å². The molecule has 110 valence electrons. The molecule has 0 aliphatic heterocycles. The number of amides is 1. The third kappa shape index (κ3) is 5.52. The smallest absolute Gasteiger partial charge is 0.341 e. The Morgan fingerprint density at radius 2 is 2.10 bits per heavy atom. The standard InChI is InChI=1S/C14H19NO4S/c1-14(2,20-3)9-15-13(18)10-5-4-6-11(7-10)19-8-12(16)17/h4-7H,8-9H2,1-3H3,(H,15,18)(H,16,17). The van der Waals surface area contributed by atoms with E-state index in [1.54, 1.807) is 30.0 Å². The fourth-order valence-corrected chi connectivity index (χ4v) is 1.56. The minimum atomic E-state index is -1.05. The molecule has 2 N–H and O–H groups in total. The molecule has 5 nitrogen and oxygen atoms in total. The van der Waals surface area contributed by atoms with Crippen molar-refractivity contribution in [2.24, 2.45) is 0 Å².